The van der Waals surface area contributed by atoms with Crippen molar-refractivity contribution in [2.75, 3.05) is 6.54 Å². The molecule has 0 bridgehead atoms. The highest BCUT2D eigenvalue weighted by molar-refractivity contribution is 7.07. The van der Waals surface area contributed by atoms with Gasteiger partial charge in [-0.2, -0.15) is 0 Å². The lowest BCUT2D eigenvalue weighted by Crippen LogP contribution is -2.32. The average molecular weight is 342 g/mol. The van der Waals surface area contributed by atoms with Crippen LogP contribution in [-0.4, -0.2) is 17.0 Å². The maximum absolute atomic E-state index is 11.8. The zero-order valence-electron chi connectivity index (χ0n) is 12.3. The first-order chi connectivity index (χ1) is 10.1. The fourth-order valence-electron chi connectivity index (χ4n) is 2.02. The van der Waals surface area contributed by atoms with E-state index in [4.69, 9.17) is 5.73 Å². The molecule has 7 heteroatoms. The van der Waals surface area contributed by atoms with Crippen LogP contribution in [0.1, 0.15) is 23.7 Å². The Kier molecular flexibility index (Phi) is 7.31. The molecular formula is C15H20ClN3O2S. The van der Waals surface area contributed by atoms with Gasteiger partial charge in [-0.3, -0.25) is 9.59 Å². The second kappa shape index (κ2) is 8.73. The lowest BCUT2D eigenvalue weighted by atomic mass is 10.1. The molecule has 5 nitrogen and oxygen atoms in total. The third kappa shape index (κ3) is 4.98. The summed E-state index contributed by atoms with van der Waals surface area (Å²) in [6.07, 6.45) is 0.277. The van der Waals surface area contributed by atoms with Crippen LogP contribution in [0.15, 0.2) is 40.5 Å². The monoisotopic (exact) mass is 341 g/mol. The van der Waals surface area contributed by atoms with Crippen molar-refractivity contribution in [2.45, 2.75) is 25.9 Å². The number of nitrogens with zero attached hydrogens (tertiary/aromatic N) is 1. The Bertz CT molecular complexity index is 654. The molecule has 2 aromatic rings. The molecule has 1 aromatic carbocycles. The van der Waals surface area contributed by atoms with E-state index in [1.54, 1.807) is 9.95 Å². The number of halogens is 1. The first kappa shape index (κ1) is 18.4. The van der Waals surface area contributed by atoms with E-state index in [0.29, 0.717) is 13.1 Å². The number of carbonyl (C=O) groups excluding carboxylic acids is 1. The molecule has 0 fully saturated rings. The molecule has 0 aliphatic rings. The highest BCUT2D eigenvalue weighted by Gasteiger charge is 2.09. The van der Waals surface area contributed by atoms with Crippen LogP contribution in [0.3, 0.4) is 0 Å². The molecular weight excluding hydrogens is 322 g/mol. The fourth-order valence-corrected chi connectivity index (χ4v) is 2.78. The van der Waals surface area contributed by atoms with Gasteiger partial charge in [0, 0.05) is 36.6 Å². The highest BCUT2D eigenvalue weighted by Crippen LogP contribution is 2.08. The minimum Gasteiger partial charge on any atom is -0.354 e. The second-order valence-corrected chi connectivity index (χ2v) is 5.69. The summed E-state index contributed by atoms with van der Waals surface area (Å²) in [6, 6.07) is 9.41. The second-order valence-electron chi connectivity index (χ2n) is 4.87. The first-order valence-electron chi connectivity index (χ1n) is 6.80. The van der Waals surface area contributed by atoms with Crippen molar-refractivity contribution in [2.24, 2.45) is 5.73 Å². The van der Waals surface area contributed by atoms with E-state index in [2.05, 4.69) is 5.32 Å². The summed E-state index contributed by atoms with van der Waals surface area (Å²) in [5.41, 5.74) is 7.89. The molecule has 2 rings (SSSR count). The van der Waals surface area contributed by atoms with Gasteiger partial charge < -0.3 is 15.6 Å². The van der Waals surface area contributed by atoms with Gasteiger partial charge in [-0.15, -0.1) is 12.4 Å². The normalized spacial score (nSPS) is 11.5. The van der Waals surface area contributed by atoms with Crippen LogP contribution in [0.2, 0.25) is 0 Å². The molecule has 0 radical (unpaired) electrons. The first-order valence-corrected chi connectivity index (χ1v) is 7.68. The third-order valence-electron chi connectivity index (χ3n) is 3.29. The van der Waals surface area contributed by atoms with E-state index >= 15 is 0 Å². The minimum absolute atomic E-state index is 0. The van der Waals surface area contributed by atoms with E-state index in [-0.39, 0.29) is 35.6 Å². The van der Waals surface area contributed by atoms with E-state index < -0.39 is 0 Å². The quantitative estimate of drug-likeness (QED) is 0.841. The predicted molar refractivity (Wildman–Crippen MR) is 91.6 cm³/mol. The van der Waals surface area contributed by atoms with E-state index in [0.717, 1.165) is 22.6 Å². The molecule has 0 saturated heterocycles. The molecule has 1 heterocycles. The van der Waals surface area contributed by atoms with Gasteiger partial charge in [-0.1, -0.05) is 41.7 Å². The third-order valence-corrected chi connectivity index (χ3v) is 4.17. The van der Waals surface area contributed by atoms with Crippen LogP contribution < -0.4 is 15.9 Å². The van der Waals surface area contributed by atoms with Gasteiger partial charge >= 0.3 is 4.87 Å². The minimum atomic E-state index is -0.222. The lowest BCUT2D eigenvalue weighted by molar-refractivity contribution is -0.121. The topological polar surface area (TPSA) is 77.1 Å². The molecule has 0 saturated carbocycles. The van der Waals surface area contributed by atoms with Crippen LogP contribution in [0, 0.1) is 6.92 Å². The van der Waals surface area contributed by atoms with Gasteiger partial charge in [-0.05, 0) is 12.5 Å². The maximum atomic E-state index is 11.8. The maximum Gasteiger partial charge on any atom is 0.307 e. The van der Waals surface area contributed by atoms with Crippen molar-refractivity contribution in [3.05, 3.63) is 56.6 Å². The summed E-state index contributed by atoms with van der Waals surface area (Å²) in [6.45, 7) is 2.65. The number of aromatic nitrogens is 1. The molecule has 0 aliphatic heterocycles. The van der Waals surface area contributed by atoms with Crippen LogP contribution in [0.4, 0.5) is 0 Å². The van der Waals surface area contributed by atoms with E-state index in [1.807, 2.05) is 37.3 Å². The van der Waals surface area contributed by atoms with E-state index in [1.165, 1.54) is 0 Å². The van der Waals surface area contributed by atoms with Gasteiger partial charge in [0.15, 0.2) is 0 Å². The van der Waals surface area contributed by atoms with Gasteiger partial charge in [-0.25, -0.2) is 0 Å². The van der Waals surface area contributed by atoms with Crippen molar-refractivity contribution in [3.63, 3.8) is 0 Å². The molecule has 0 spiro atoms. The SMILES string of the molecule is Cc1csc(=O)n1CCC(=O)NCC(N)c1ccccc1.Cl. The van der Waals surface area contributed by atoms with Crippen molar-refractivity contribution in [3.8, 4) is 0 Å². The van der Waals surface area contributed by atoms with Crippen LogP contribution in [0.25, 0.3) is 0 Å². The number of hydrogen-bond acceptors (Lipinski definition) is 4. The number of rotatable bonds is 6. The van der Waals surface area contributed by atoms with Crippen LogP contribution in [-0.2, 0) is 11.3 Å². The summed E-state index contributed by atoms with van der Waals surface area (Å²) in [5, 5.41) is 4.60. The molecule has 1 amide bonds. The number of benzene rings is 1. The Labute approximate surface area is 139 Å². The van der Waals surface area contributed by atoms with Crippen molar-refractivity contribution in [1.29, 1.82) is 0 Å². The largest absolute Gasteiger partial charge is 0.354 e. The predicted octanol–water partition coefficient (Wildman–Crippen LogP) is 1.85. The molecule has 3 N–H and O–H groups in total. The summed E-state index contributed by atoms with van der Waals surface area (Å²) in [4.78, 5) is 23.3. The Morgan fingerprint density at radius 3 is 2.64 bits per heavy atom. The van der Waals surface area contributed by atoms with Gasteiger partial charge in [0.05, 0.1) is 0 Å². The Balaban J connectivity index is 0.00000242. The highest BCUT2D eigenvalue weighted by atomic mass is 35.5. The van der Waals surface area contributed by atoms with Crippen molar-refractivity contribution < 1.29 is 4.79 Å². The van der Waals surface area contributed by atoms with Gasteiger partial charge in [0.1, 0.15) is 0 Å². The van der Waals surface area contributed by atoms with Gasteiger partial charge in [0.2, 0.25) is 5.91 Å². The number of aryl methyl sites for hydroxylation is 1. The van der Waals surface area contributed by atoms with Crippen molar-refractivity contribution in [1.82, 2.24) is 9.88 Å². The fraction of sp³-hybridized carbons (Fsp3) is 0.333. The number of nitrogens with two attached hydrogens (primary N) is 1. The number of hydrogen-bond donors (Lipinski definition) is 2. The molecule has 1 unspecified atom stereocenters. The van der Waals surface area contributed by atoms with Crippen LogP contribution in [0.5, 0.6) is 0 Å². The van der Waals surface area contributed by atoms with Crippen LogP contribution >= 0.6 is 23.7 Å². The number of nitrogens with one attached hydrogen (secondary N) is 1. The summed E-state index contributed by atoms with van der Waals surface area (Å²) >= 11 is 1.15. The number of amides is 1. The molecule has 22 heavy (non-hydrogen) atoms. The Morgan fingerprint density at radius 1 is 1.36 bits per heavy atom. The summed E-state index contributed by atoms with van der Waals surface area (Å²) in [5.74, 6) is -0.0983. The zero-order chi connectivity index (χ0) is 15.2. The molecule has 120 valence electrons. The molecule has 1 aromatic heterocycles. The van der Waals surface area contributed by atoms with Crippen molar-refractivity contribution >= 4 is 29.7 Å². The smallest absolute Gasteiger partial charge is 0.307 e. The lowest BCUT2D eigenvalue weighted by Gasteiger charge is -2.13. The van der Waals surface area contributed by atoms with E-state index in [9.17, 15) is 9.59 Å². The Morgan fingerprint density at radius 2 is 2.05 bits per heavy atom. The number of thiazole rings is 1. The summed E-state index contributed by atoms with van der Waals surface area (Å²) < 4.78 is 1.61. The van der Waals surface area contributed by atoms with Gasteiger partial charge in [0.25, 0.3) is 0 Å². The molecule has 0 aliphatic carbocycles. The molecule has 1 atom stereocenters. The Hall–Kier alpha value is -1.63. The standard InChI is InChI=1S/C15H19N3O2S.ClH/c1-11-10-21-15(20)18(11)8-7-14(19)17-9-13(16)12-5-3-2-4-6-12;/h2-6,10,13H,7-9,16H2,1H3,(H,17,19);1H. The zero-order valence-corrected chi connectivity index (χ0v) is 14.0. The number of carbonyl (C=O) groups is 1. The average Bonchev–Trinajstić information content (AvgIpc) is 2.82. The summed E-state index contributed by atoms with van der Waals surface area (Å²) in [7, 11) is 0.